The van der Waals surface area contributed by atoms with Crippen LogP contribution in [0.5, 0.6) is 0 Å². The van der Waals surface area contributed by atoms with Gasteiger partial charge in [-0.1, -0.05) is 44.2 Å². The zero-order chi connectivity index (χ0) is 16.4. The van der Waals surface area contributed by atoms with E-state index in [1.54, 1.807) is 11.3 Å². The number of benzene rings is 1. The Morgan fingerprint density at radius 3 is 2.61 bits per heavy atom. The number of hydrogen-bond acceptors (Lipinski definition) is 5. The van der Waals surface area contributed by atoms with E-state index in [9.17, 15) is 4.79 Å². The molecule has 3 N–H and O–H groups in total. The Hall–Kier alpha value is -2.47. The summed E-state index contributed by atoms with van der Waals surface area (Å²) in [6.45, 7) is 3.90. The lowest BCUT2D eigenvalue weighted by molar-refractivity contribution is -0.119. The third-order valence-electron chi connectivity index (χ3n) is 3.65. The van der Waals surface area contributed by atoms with Gasteiger partial charge < -0.3 is 11.1 Å². The molecule has 2 aromatic heterocycles. The Kier molecular flexibility index (Phi) is 4.25. The fraction of sp³-hybridized carbons (Fsp3) is 0.235. The number of carbonyl (C=O) groups is 1. The molecule has 0 radical (unpaired) electrons. The van der Waals surface area contributed by atoms with Gasteiger partial charge in [0.25, 0.3) is 0 Å². The van der Waals surface area contributed by atoms with Crippen molar-refractivity contribution in [3.05, 3.63) is 42.7 Å². The first-order chi connectivity index (χ1) is 11.1. The summed E-state index contributed by atoms with van der Waals surface area (Å²) in [7, 11) is 0. The van der Waals surface area contributed by atoms with Gasteiger partial charge in [-0.3, -0.25) is 4.79 Å². The number of nitrogens with one attached hydrogen (secondary N) is 1. The van der Waals surface area contributed by atoms with Gasteiger partial charge >= 0.3 is 0 Å². The van der Waals surface area contributed by atoms with Crippen LogP contribution in [-0.2, 0) is 4.79 Å². The van der Waals surface area contributed by atoms with Crippen LogP contribution in [0.4, 0.5) is 5.82 Å². The summed E-state index contributed by atoms with van der Waals surface area (Å²) in [6, 6.07) is 11.7. The van der Waals surface area contributed by atoms with Crippen LogP contribution in [0.1, 0.15) is 13.8 Å². The summed E-state index contributed by atoms with van der Waals surface area (Å²) in [5.41, 5.74) is 6.62. The second-order valence-corrected chi connectivity index (χ2v) is 6.72. The first-order valence-electron chi connectivity index (χ1n) is 7.42. The third kappa shape index (κ3) is 3.17. The molecule has 0 fully saturated rings. The molecule has 2 heterocycles. The van der Waals surface area contributed by atoms with Gasteiger partial charge in [0.1, 0.15) is 23.0 Å². The van der Waals surface area contributed by atoms with E-state index in [-0.39, 0.29) is 11.8 Å². The Labute approximate surface area is 138 Å². The predicted molar refractivity (Wildman–Crippen MR) is 94.3 cm³/mol. The maximum Gasteiger partial charge on any atom is 0.240 e. The predicted octanol–water partition coefficient (Wildman–Crippen LogP) is 3.28. The van der Waals surface area contributed by atoms with Crippen molar-refractivity contribution in [3.63, 3.8) is 0 Å². The van der Waals surface area contributed by atoms with Gasteiger partial charge in [0, 0.05) is 4.88 Å². The van der Waals surface area contributed by atoms with E-state index in [0.717, 1.165) is 20.7 Å². The number of amides is 1. The second kappa shape index (κ2) is 6.34. The number of nitrogens with zero attached hydrogens (tertiary/aromatic N) is 2. The highest BCUT2D eigenvalue weighted by Gasteiger charge is 2.21. The van der Waals surface area contributed by atoms with Crippen molar-refractivity contribution in [1.29, 1.82) is 0 Å². The summed E-state index contributed by atoms with van der Waals surface area (Å²) >= 11 is 1.60. The van der Waals surface area contributed by atoms with E-state index in [1.807, 2.05) is 32.0 Å². The van der Waals surface area contributed by atoms with Crippen molar-refractivity contribution in [3.8, 4) is 10.4 Å². The minimum atomic E-state index is -0.465. The minimum Gasteiger partial charge on any atom is -0.368 e. The van der Waals surface area contributed by atoms with E-state index in [1.165, 1.54) is 6.33 Å². The maximum atomic E-state index is 11.6. The van der Waals surface area contributed by atoms with Crippen LogP contribution in [-0.4, -0.2) is 21.9 Å². The molecule has 0 unspecified atom stereocenters. The molecular formula is C17H18N4OS. The molecule has 0 saturated carbocycles. The number of hydrogen-bond donors (Lipinski definition) is 2. The summed E-state index contributed by atoms with van der Waals surface area (Å²) in [6.07, 6.45) is 1.51. The van der Waals surface area contributed by atoms with Crippen LogP contribution in [0.3, 0.4) is 0 Å². The van der Waals surface area contributed by atoms with Crippen molar-refractivity contribution in [2.75, 3.05) is 5.32 Å². The highest BCUT2D eigenvalue weighted by Crippen LogP contribution is 2.35. The molecule has 3 aromatic rings. The largest absolute Gasteiger partial charge is 0.368 e. The van der Waals surface area contributed by atoms with Crippen LogP contribution in [0, 0.1) is 5.92 Å². The van der Waals surface area contributed by atoms with E-state index >= 15 is 0 Å². The molecule has 0 spiro atoms. The van der Waals surface area contributed by atoms with Crippen molar-refractivity contribution in [1.82, 2.24) is 9.97 Å². The molecule has 0 aliphatic heterocycles. The average Bonchev–Trinajstić information content (AvgIpc) is 2.97. The van der Waals surface area contributed by atoms with Crippen LogP contribution < -0.4 is 11.1 Å². The highest BCUT2D eigenvalue weighted by atomic mass is 32.1. The lowest BCUT2D eigenvalue weighted by atomic mass is 10.0. The van der Waals surface area contributed by atoms with Crippen LogP contribution in [0.25, 0.3) is 20.7 Å². The topological polar surface area (TPSA) is 80.9 Å². The van der Waals surface area contributed by atoms with Gasteiger partial charge in [-0.2, -0.15) is 0 Å². The fourth-order valence-electron chi connectivity index (χ4n) is 2.43. The highest BCUT2D eigenvalue weighted by molar-refractivity contribution is 7.21. The van der Waals surface area contributed by atoms with E-state index in [4.69, 9.17) is 5.73 Å². The smallest absolute Gasteiger partial charge is 0.240 e. The number of thiophene rings is 1. The standard InChI is InChI=1S/C17H18N4OS/c1-10(2)14(15(18)22)21-16-12-8-13(11-6-4-3-5-7-11)23-17(12)20-9-19-16/h3-10,14H,1-2H3,(H2,18,22)(H,19,20,21)/t14-/m1/s1. The van der Waals surface area contributed by atoms with Gasteiger partial charge in [0.15, 0.2) is 0 Å². The zero-order valence-electron chi connectivity index (χ0n) is 13.0. The molecule has 3 rings (SSSR count). The molecular weight excluding hydrogens is 308 g/mol. The van der Waals surface area contributed by atoms with E-state index in [0.29, 0.717) is 5.82 Å². The summed E-state index contributed by atoms with van der Waals surface area (Å²) in [5, 5.41) is 4.07. The Bertz CT molecular complexity index is 829. The number of anilines is 1. The van der Waals surface area contributed by atoms with Crippen molar-refractivity contribution >= 4 is 33.3 Å². The Balaban J connectivity index is 2.02. The molecule has 23 heavy (non-hydrogen) atoms. The summed E-state index contributed by atoms with van der Waals surface area (Å²) < 4.78 is 0. The van der Waals surface area contributed by atoms with Crippen LogP contribution in [0.2, 0.25) is 0 Å². The molecule has 118 valence electrons. The van der Waals surface area contributed by atoms with Crippen molar-refractivity contribution in [2.45, 2.75) is 19.9 Å². The van der Waals surface area contributed by atoms with E-state index in [2.05, 4.69) is 33.5 Å². The third-order valence-corrected chi connectivity index (χ3v) is 4.75. The molecule has 0 saturated heterocycles. The first-order valence-corrected chi connectivity index (χ1v) is 8.23. The molecule has 0 bridgehead atoms. The number of aromatic nitrogens is 2. The van der Waals surface area contributed by atoms with E-state index < -0.39 is 6.04 Å². The number of fused-ring (bicyclic) bond motifs is 1. The summed E-state index contributed by atoms with van der Waals surface area (Å²) in [4.78, 5) is 22.3. The van der Waals surface area contributed by atoms with Crippen LogP contribution in [0.15, 0.2) is 42.7 Å². The first kappa shape index (κ1) is 15.4. The molecule has 1 aromatic carbocycles. The van der Waals surface area contributed by atoms with Gasteiger partial charge in [-0.25, -0.2) is 9.97 Å². The monoisotopic (exact) mass is 326 g/mol. The zero-order valence-corrected chi connectivity index (χ0v) is 13.8. The minimum absolute atomic E-state index is 0.0738. The molecule has 5 nitrogen and oxygen atoms in total. The second-order valence-electron chi connectivity index (χ2n) is 5.69. The average molecular weight is 326 g/mol. The maximum absolute atomic E-state index is 11.6. The molecule has 6 heteroatoms. The molecule has 0 aliphatic rings. The molecule has 1 atom stereocenters. The van der Waals surface area contributed by atoms with Gasteiger partial charge in [0.05, 0.1) is 5.39 Å². The number of nitrogens with two attached hydrogens (primary N) is 1. The lowest BCUT2D eigenvalue weighted by Gasteiger charge is -2.19. The van der Waals surface area contributed by atoms with Gasteiger partial charge in [-0.15, -0.1) is 11.3 Å². The molecule has 1 amide bonds. The van der Waals surface area contributed by atoms with Gasteiger partial charge in [-0.05, 0) is 17.5 Å². The number of carbonyl (C=O) groups excluding carboxylic acids is 1. The quantitative estimate of drug-likeness (QED) is 0.754. The number of rotatable bonds is 5. The molecule has 0 aliphatic carbocycles. The lowest BCUT2D eigenvalue weighted by Crippen LogP contribution is -2.39. The van der Waals surface area contributed by atoms with Crippen molar-refractivity contribution < 1.29 is 4.79 Å². The Morgan fingerprint density at radius 2 is 1.96 bits per heavy atom. The Morgan fingerprint density at radius 1 is 1.22 bits per heavy atom. The van der Waals surface area contributed by atoms with Crippen LogP contribution >= 0.6 is 11.3 Å². The number of primary amides is 1. The van der Waals surface area contributed by atoms with Crippen molar-refractivity contribution in [2.24, 2.45) is 11.7 Å². The summed E-state index contributed by atoms with van der Waals surface area (Å²) in [5.74, 6) is 0.334. The van der Waals surface area contributed by atoms with Gasteiger partial charge in [0.2, 0.25) is 5.91 Å². The normalized spacial score (nSPS) is 12.5. The SMILES string of the molecule is CC(C)[C@@H](Nc1ncnc2sc(-c3ccccc3)cc12)C(N)=O. The fourth-order valence-corrected chi connectivity index (χ4v) is 3.43.